The van der Waals surface area contributed by atoms with Gasteiger partial charge < -0.3 is 19.5 Å². The predicted molar refractivity (Wildman–Crippen MR) is 110 cm³/mol. The molecule has 0 radical (unpaired) electrons. The first-order valence-electron chi connectivity index (χ1n) is 8.62. The average Bonchev–Trinajstić information content (AvgIpc) is 2.70. The van der Waals surface area contributed by atoms with Gasteiger partial charge in [0, 0.05) is 5.02 Å². The SMILES string of the molecule is COc1ccc(CC(=O)Nc2cc(Cl)ccc2Oc2ccccc2)cc1OC. The first-order valence-corrected chi connectivity index (χ1v) is 9.00. The van der Waals surface area contributed by atoms with Gasteiger partial charge in [-0.1, -0.05) is 35.9 Å². The lowest BCUT2D eigenvalue weighted by atomic mass is 10.1. The lowest BCUT2D eigenvalue weighted by molar-refractivity contribution is -0.115. The molecule has 3 aromatic carbocycles. The number of para-hydroxylation sites is 1. The second-order valence-electron chi connectivity index (χ2n) is 5.97. The predicted octanol–water partition coefficient (Wildman–Crippen LogP) is 5.33. The van der Waals surface area contributed by atoms with Crippen molar-refractivity contribution in [2.24, 2.45) is 0 Å². The molecule has 3 aromatic rings. The van der Waals surface area contributed by atoms with Crippen molar-refractivity contribution in [1.82, 2.24) is 0 Å². The van der Waals surface area contributed by atoms with Crippen molar-refractivity contribution in [2.45, 2.75) is 6.42 Å². The van der Waals surface area contributed by atoms with Gasteiger partial charge in [-0.25, -0.2) is 0 Å². The number of hydrogen-bond acceptors (Lipinski definition) is 4. The van der Waals surface area contributed by atoms with Gasteiger partial charge in [-0.15, -0.1) is 0 Å². The minimum atomic E-state index is -0.201. The Balaban J connectivity index is 1.76. The second kappa shape index (κ2) is 9.15. The first-order chi connectivity index (χ1) is 13.6. The molecular formula is C22H20ClNO4. The van der Waals surface area contributed by atoms with E-state index in [9.17, 15) is 4.79 Å². The summed E-state index contributed by atoms with van der Waals surface area (Å²) >= 11 is 6.10. The van der Waals surface area contributed by atoms with E-state index < -0.39 is 0 Å². The van der Waals surface area contributed by atoms with Crippen LogP contribution in [0.15, 0.2) is 66.7 Å². The third-order valence-corrected chi connectivity index (χ3v) is 4.23. The Morgan fingerprint density at radius 3 is 2.32 bits per heavy atom. The summed E-state index contributed by atoms with van der Waals surface area (Å²) in [5, 5.41) is 3.37. The van der Waals surface area contributed by atoms with Gasteiger partial charge in [-0.05, 0) is 48.0 Å². The molecule has 0 aromatic heterocycles. The zero-order valence-electron chi connectivity index (χ0n) is 15.6. The summed E-state index contributed by atoms with van der Waals surface area (Å²) in [4.78, 5) is 12.6. The minimum absolute atomic E-state index is 0.164. The number of carbonyl (C=O) groups is 1. The van der Waals surface area contributed by atoms with Crippen LogP contribution < -0.4 is 19.5 Å². The van der Waals surface area contributed by atoms with E-state index >= 15 is 0 Å². The smallest absolute Gasteiger partial charge is 0.228 e. The maximum atomic E-state index is 12.6. The molecule has 0 bridgehead atoms. The maximum absolute atomic E-state index is 12.6. The Bertz CT molecular complexity index is 960. The van der Waals surface area contributed by atoms with Crippen LogP contribution in [0.2, 0.25) is 5.02 Å². The lowest BCUT2D eigenvalue weighted by Gasteiger charge is -2.13. The van der Waals surface area contributed by atoms with Crippen LogP contribution in [-0.2, 0) is 11.2 Å². The molecule has 0 fully saturated rings. The number of carbonyl (C=O) groups excluding carboxylic acids is 1. The van der Waals surface area contributed by atoms with Crippen LogP contribution in [0, 0.1) is 0 Å². The molecule has 1 N–H and O–H groups in total. The Labute approximate surface area is 168 Å². The Morgan fingerprint density at radius 1 is 0.893 bits per heavy atom. The number of benzene rings is 3. The highest BCUT2D eigenvalue weighted by atomic mass is 35.5. The molecule has 6 heteroatoms. The molecule has 0 saturated carbocycles. The largest absolute Gasteiger partial charge is 0.493 e. The molecule has 0 aliphatic heterocycles. The Hall–Kier alpha value is -3.18. The highest BCUT2D eigenvalue weighted by Crippen LogP contribution is 2.32. The van der Waals surface area contributed by atoms with Crippen molar-refractivity contribution in [3.63, 3.8) is 0 Å². The fourth-order valence-corrected chi connectivity index (χ4v) is 2.85. The Morgan fingerprint density at radius 2 is 1.61 bits per heavy atom. The van der Waals surface area contributed by atoms with E-state index in [0.717, 1.165) is 5.56 Å². The first kappa shape index (κ1) is 19.6. The van der Waals surface area contributed by atoms with Crippen molar-refractivity contribution >= 4 is 23.2 Å². The molecule has 144 valence electrons. The van der Waals surface area contributed by atoms with E-state index in [1.54, 1.807) is 44.6 Å². The van der Waals surface area contributed by atoms with E-state index in [0.29, 0.717) is 33.7 Å². The molecule has 3 rings (SSSR count). The van der Waals surface area contributed by atoms with Crippen molar-refractivity contribution in [3.8, 4) is 23.0 Å². The van der Waals surface area contributed by atoms with Crippen LogP contribution in [-0.4, -0.2) is 20.1 Å². The number of rotatable bonds is 7. The van der Waals surface area contributed by atoms with E-state index in [4.69, 9.17) is 25.8 Å². The molecule has 0 saturated heterocycles. The van der Waals surface area contributed by atoms with Gasteiger partial charge in [0.2, 0.25) is 5.91 Å². The summed E-state index contributed by atoms with van der Waals surface area (Å²) in [6.07, 6.45) is 0.164. The molecular weight excluding hydrogens is 378 g/mol. The molecule has 0 aliphatic carbocycles. The second-order valence-corrected chi connectivity index (χ2v) is 6.41. The summed E-state index contributed by atoms with van der Waals surface area (Å²) < 4.78 is 16.4. The van der Waals surface area contributed by atoms with Gasteiger partial charge in [0.05, 0.1) is 26.3 Å². The monoisotopic (exact) mass is 397 g/mol. The average molecular weight is 398 g/mol. The summed E-state index contributed by atoms with van der Waals surface area (Å²) in [5.41, 5.74) is 1.30. The number of halogens is 1. The van der Waals surface area contributed by atoms with Crippen molar-refractivity contribution in [2.75, 3.05) is 19.5 Å². The van der Waals surface area contributed by atoms with Crippen LogP contribution in [0.5, 0.6) is 23.0 Å². The number of hydrogen-bond donors (Lipinski definition) is 1. The van der Waals surface area contributed by atoms with Gasteiger partial charge >= 0.3 is 0 Å². The van der Waals surface area contributed by atoms with Gasteiger partial charge in [0.1, 0.15) is 5.75 Å². The van der Waals surface area contributed by atoms with Gasteiger partial charge in [0.25, 0.3) is 0 Å². The van der Waals surface area contributed by atoms with Crippen molar-refractivity contribution in [1.29, 1.82) is 0 Å². The van der Waals surface area contributed by atoms with Crippen LogP contribution in [0.1, 0.15) is 5.56 Å². The summed E-state index contributed by atoms with van der Waals surface area (Å²) in [7, 11) is 3.12. The number of anilines is 1. The third kappa shape index (κ3) is 4.96. The zero-order chi connectivity index (χ0) is 19.9. The van der Waals surface area contributed by atoms with E-state index in [-0.39, 0.29) is 12.3 Å². The summed E-state index contributed by atoms with van der Waals surface area (Å²) in [5.74, 6) is 2.16. The molecule has 0 heterocycles. The number of methoxy groups -OCH3 is 2. The fourth-order valence-electron chi connectivity index (χ4n) is 2.67. The molecule has 0 atom stereocenters. The van der Waals surface area contributed by atoms with Crippen molar-refractivity contribution < 1.29 is 19.0 Å². The topological polar surface area (TPSA) is 56.8 Å². The molecule has 5 nitrogen and oxygen atoms in total. The van der Waals surface area contributed by atoms with Crippen molar-refractivity contribution in [3.05, 3.63) is 77.3 Å². The number of amides is 1. The number of ether oxygens (including phenoxy) is 3. The van der Waals surface area contributed by atoms with Gasteiger partial charge in [0.15, 0.2) is 17.2 Å². The van der Waals surface area contributed by atoms with Gasteiger partial charge in [-0.2, -0.15) is 0 Å². The van der Waals surface area contributed by atoms with Crippen LogP contribution in [0.4, 0.5) is 5.69 Å². The van der Waals surface area contributed by atoms with Crippen LogP contribution in [0.3, 0.4) is 0 Å². The minimum Gasteiger partial charge on any atom is -0.493 e. The summed E-state index contributed by atoms with van der Waals surface area (Å²) in [6, 6.07) is 19.8. The molecule has 0 aliphatic rings. The molecule has 28 heavy (non-hydrogen) atoms. The normalized spacial score (nSPS) is 10.2. The lowest BCUT2D eigenvalue weighted by Crippen LogP contribution is -2.15. The van der Waals surface area contributed by atoms with E-state index in [1.807, 2.05) is 36.4 Å². The highest BCUT2D eigenvalue weighted by molar-refractivity contribution is 6.31. The third-order valence-electron chi connectivity index (χ3n) is 4.00. The van der Waals surface area contributed by atoms with Gasteiger partial charge in [-0.3, -0.25) is 4.79 Å². The standard InChI is InChI=1S/C22H20ClNO4/c1-26-20-10-8-15(12-21(20)27-2)13-22(25)24-18-14-16(23)9-11-19(18)28-17-6-4-3-5-7-17/h3-12,14H,13H2,1-2H3,(H,24,25). The van der Waals surface area contributed by atoms with Crippen LogP contribution in [0.25, 0.3) is 0 Å². The molecule has 1 amide bonds. The van der Waals surface area contributed by atoms with E-state index in [2.05, 4.69) is 5.32 Å². The van der Waals surface area contributed by atoms with E-state index in [1.165, 1.54) is 0 Å². The van der Waals surface area contributed by atoms with Crippen LogP contribution >= 0.6 is 11.6 Å². The number of nitrogens with one attached hydrogen (secondary N) is 1. The fraction of sp³-hybridized carbons (Fsp3) is 0.136. The maximum Gasteiger partial charge on any atom is 0.228 e. The zero-order valence-corrected chi connectivity index (χ0v) is 16.3. The quantitative estimate of drug-likeness (QED) is 0.585. The summed E-state index contributed by atoms with van der Waals surface area (Å²) in [6.45, 7) is 0. The molecule has 0 unspecified atom stereocenters. The molecule has 0 spiro atoms. The highest BCUT2D eigenvalue weighted by Gasteiger charge is 2.12. The Kier molecular flexibility index (Phi) is 6.40.